The van der Waals surface area contributed by atoms with Crippen molar-refractivity contribution in [1.29, 1.82) is 0 Å². The van der Waals surface area contributed by atoms with Crippen LogP contribution in [0.4, 0.5) is 11.5 Å². The summed E-state index contributed by atoms with van der Waals surface area (Å²) in [6, 6.07) is 19.5. The molecule has 2 aromatic heterocycles. The van der Waals surface area contributed by atoms with Crippen molar-refractivity contribution in [2.24, 2.45) is 0 Å². The van der Waals surface area contributed by atoms with Crippen molar-refractivity contribution >= 4 is 43.6 Å². The van der Waals surface area contributed by atoms with Crippen LogP contribution in [0.1, 0.15) is 0 Å². The van der Waals surface area contributed by atoms with Gasteiger partial charge in [0.05, 0.1) is 20.9 Å². The minimum Gasteiger partial charge on any atom is -0.258 e. The van der Waals surface area contributed by atoms with Crippen molar-refractivity contribution < 1.29 is 17.9 Å². The number of benzene rings is 3. The van der Waals surface area contributed by atoms with Crippen LogP contribution in [0.2, 0.25) is 0 Å². The third-order valence-electron chi connectivity index (χ3n) is 5.38. The molecule has 0 saturated carbocycles. The largest absolute Gasteiger partial charge is 0.270 e. The van der Waals surface area contributed by atoms with Gasteiger partial charge in [-0.05, 0) is 30.3 Å². The first kappa shape index (κ1) is 22.2. The normalized spacial score (nSPS) is 11.5. The van der Waals surface area contributed by atoms with E-state index in [1.807, 2.05) is 34.9 Å². The summed E-state index contributed by atoms with van der Waals surface area (Å²) in [5.74, 6) is 0.249. The Balaban J connectivity index is 1.71. The summed E-state index contributed by atoms with van der Waals surface area (Å²) in [4.78, 5) is 19.5. The number of fused-ring (bicyclic) bond motifs is 2. The lowest BCUT2D eigenvalue weighted by Gasteiger charge is -2.10. The summed E-state index contributed by atoms with van der Waals surface area (Å²) >= 11 is 0. The van der Waals surface area contributed by atoms with Crippen LogP contribution in [0.15, 0.2) is 96.7 Å². The summed E-state index contributed by atoms with van der Waals surface area (Å²) in [5.41, 5.74) is 2.42. The van der Waals surface area contributed by atoms with Gasteiger partial charge in [-0.2, -0.15) is 4.57 Å². The highest BCUT2D eigenvalue weighted by Crippen LogP contribution is 2.27. The number of hydrogen-bond acceptors (Lipinski definition) is 6. The van der Waals surface area contributed by atoms with Crippen molar-refractivity contribution in [1.82, 2.24) is 14.5 Å². The lowest BCUT2D eigenvalue weighted by atomic mass is 10.3. The van der Waals surface area contributed by atoms with Crippen molar-refractivity contribution in [2.45, 2.75) is 11.4 Å². The second kappa shape index (κ2) is 8.61. The van der Waals surface area contributed by atoms with Crippen molar-refractivity contribution in [3.8, 4) is 5.82 Å². The third kappa shape index (κ3) is 4.08. The average Bonchev–Trinajstić information content (AvgIpc) is 3.22. The van der Waals surface area contributed by atoms with Gasteiger partial charge in [0.25, 0.3) is 27.9 Å². The van der Waals surface area contributed by atoms with Gasteiger partial charge >= 0.3 is 0 Å². The summed E-state index contributed by atoms with van der Waals surface area (Å²) in [5, 5.41) is 11.2. The fraction of sp³-hybridized carbons (Fsp3) is 0.0417. The molecule has 0 spiro atoms. The van der Waals surface area contributed by atoms with E-state index in [0.717, 1.165) is 17.1 Å². The van der Waals surface area contributed by atoms with Crippen LogP contribution in [0, 0.1) is 10.1 Å². The van der Waals surface area contributed by atoms with Crippen LogP contribution in [-0.2, 0) is 16.6 Å². The molecular formula is C24H19N6O4S+. The van der Waals surface area contributed by atoms with Gasteiger partial charge in [0, 0.05) is 12.1 Å². The van der Waals surface area contributed by atoms with Gasteiger partial charge in [0.1, 0.15) is 6.54 Å². The van der Waals surface area contributed by atoms with Gasteiger partial charge in [0.2, 0.25) is 5.82 Å². The van der Waals surface area contributed by atoms with Gasteiger partial charge in [-0.1, -0.05) is 43.0 Å². The molecule has 2 heterocycles. The molecule has 11 heteroatoms. The maximum absolute atomic E-state index is 13.2. The van der Waals surface area contributed by atoms with Crippen LogP contribution < -0.4 is 9.29 Å². The number of nitrogens with one attached hydrogen (secondary N) is 1. The van der Waals surface area contributed by atoms with E-state index in [-0.39, 0.29) is 22.2 Å². The highest BCUT2D eigenvalue weighted by atomic mass is 32.2. The first-order valence-electron chi connectivity index (χ1n) is 10.5. The number of nitro benzene ring substituents is 1. The van der Waals surface area contributed by atoms with Crippen LogP contribution in [0.3, 0.4) is 0 Å². The van der Waals surface area contributed by atoms with E-state index in [9.17, 15) is 18.5 Å². The molecule has 5 aromatic rings. The molecule has 174 valence electrons. The van der Waals surface area contributed by atoms with E-state index in [1.165, 1.54) is 18.2 Å². The topological polar surface area (TPSA) is 124 Å². The Hall–Kier alpha value is -4.64. The quantitative estimate of drug-likeness (QED) is 0.161. The predicted molar refractivity (Wildman–Crippen MR) is 131 cm³/mol. The van der Waals surface area contributed by atoms with E-state index >= 15 is 0 Å². The molecule has 10 nitrogen and oxygen atoms in total. The molecule has 0 unspecified atom stereocenters. The minimum absolute atomic E-state index is 0.0123. The molecule has 5 rings (SSSR count). The van der Waals surface area contributed by atoms with Crippen molar-refractivity contribution in [3.63, 3.8) is 0 Å². The molecule has 0 fully saturated rings. The zero-order chi connectivity index (χ0) is 24.6. The molecule has 0 bridgehead atoms. The van der Waals surface area contributed by atoms with Gasteiger partial charge in [-0.15, -0.1) is 0 Å². The van der Waals surface area contributed by atoms with Crippen molar-refractivity contribution in [2.75, 3.05) is 4.72 Å². The number of sulfonamides is 1. The summed E-state index contributed by atoms with van der Waals surface area (Å²) in [7, 11) is -4.22. The number of aromatic nitrogens is 4. The minimum atomic E-state index is -4.22. The summed E-state index contributed by atoms with van der Waals surface area (Å²) < 4.78 is 32.7. The smallest absolute Gasteiger partial charge is 0.258 e. The molecule has 0 aliphatic heterocycles. The third-order valence-corrected chi connectivity index (χ3v) is 6.72. The fourth-order valence-electron chi connectivity index (χ4n) is 3.81. The summed E-state index contributed by atoms with van der Waals surface area (Å²) in [6.07, 6.45) is 3.56. The molecule has 0 saturated heterocycles. The monoisotopic (exact) mass is 487 g/mol. The Labute approximate surface area is 200 Å². The van der Waals surface area contributed by atoms with E-state index in [0.29, 0.717) is 17.6 Å². The number of imidazole rings is 1. The average molecular weight is 488 g/mol. The molecule has 0 atom stereocenters. The molecule has 1 N–H and O–H groups in total. The maximum atomic E-state index is 13.2. The Morgan fingerprint density at radius 2 is 1.74 bits per heavy atom. The second-order valence-electron chi connectivity index (χ2n) is 7.66. The second-order valence-corrected chi connectivity index (χ2v) is 9.34. The highest BCUT2D eigenvalue weighted by molar-refractivity contribution is 7.92. The Morgan fingerprint density at radius 1 is 1.03 bits per heavy atom. The zero-order valence-corrected chi connectivity index (χ0v) is 19.1. The number of non-ortho nitro benzene ring substituents is 1. The van der Waals surface area contributed by atoms with E-state index in [4.69, 9.17) is 4.98 Å². The number of hydrogen-bond donors (Lipinski definition) is 1. The molecule has 0 amide bonds. The number of allylic oxidation sites excluding steroid dienone is 1. The molecule has 0 aliphatic rings. The lowest BCUT2D eigenvalue weighted by molar-refractivity contribution is -0.661. The first-order valence-corrected chi connectivity index (χ1v) is 12.0. The Bertz CT molecular complexity index is 1730. The first-order chi connectivity index (χ1) is 16.9. The molecule has 35 heavy (non-hydrogen) atoms. The summed E-state index contributed by atoms with van der Waals surface area (Å²) in [6.45, 7) is 4.34. The molecule has 0 radical (unpaired) electrons. The Morgan fingerprint density at radius 3 is 2.49 bits per heavy atom. The van der Waals surface area contributed by atoms with E-state index < -0.39 is 14.9 Å². The van der Waals surface area contributed by atoms with Crippen LogP contribution in [-0.4, -0.2) is 27.9 Å². The standard InChI is InChI=1S/C24H19N6O4S/c1-2-14-28-16-29(22-13-6-5-12-21(22)28)24-23(25-19-10-3-4-11-20(19)26-24)27-35(33,34)18-9-7-8-17(15-18)30(31)32/h2-13,15-16H,1,14H2,(H,25,27)/q+1. The van der Waals surface area contributed by atoms with Gasteiger partial charge in [-0.25, -0.2) is 23.0 Å². The Kier molecular flexibility index (Phi) is 5.46. The number of nitrogens with zero attached hydrogens (tertiary/aromatic N) is 5. The molecule has 3 aromatic carbocycles. The van der Waals surface area contributed by atoms with Gasteiger partial charge in [0.15, 0.2) is 11.0 Å². The fourth-order valence-corrected chi connectivity index (χ4v) is 4.85. The SMILES string of the molecule is C=CC[n+]1cn(-c2nc3ccccc3nc2NS(=O)(=O)c2cccc([N+](=O)[O-])c2)c2ccccc21. The zero-order valence-electron chi connectivity index (χ0n) is 18.3. The van der Waals surface area contributed by atoms with Crippen LogP contribution >= 0.6 is 0 Å². The number of rotatable bonds is 7. The van der Waals surface area contributed by atoms with E-state index in [1.54, 1.807) is 35.2 Å². The van der Waals surface area contributed by atoms with E-state index in [2.05, 4.69) is 16.3 Å². The van der Waals surface area contributed by atoms with Gasteiger partial charge < -0.3 is 0 Å². The number of nitro groups is 1. The molecular weight excluding hydrogens is 468 g/mol. The highest BCUT2D eigenvalue weighted by Gasteiger charge is 2.26. The van der Waals surface area contributed by atoms with Gasteiger partial charge in [-0.3, -0.25) is 14.8 Å². The number of anilines is 1. The maximum Gasteiger partial charge on any atom is 0.270 e. The number of para-hydroxylation sites is 4. The van der Waals surface area contributed by atoms with Crippen molar-refractivity contribution in [3.05, 3.63) is 102 Å². The predicted octanol–water partition coefficient (Wildman–Crippen LogP) is 3.76. The molecule has 0 aliphatic carbocycles. The van der Waals surface area contributed by atoms with Crippen LogP contribution in [0.25, 0.3) is 27.9 Å². The van der Waals surface area contributed by atoms with Crippen LogP contribution in [0.5, 0.6) is 0 Å². The lowest BCUT2D eigenvalue weighted by Crippen LogP contribution is -2.30.